The molecule has 3 saturated heterocycles. The number of carboxylic acids is 3. The lowest BCUT2D eigenvalue weighted by atomic mass is 10.1. The molecule has 0 saturated carbocycles. The van der Waals surface area contributed by atoms with Crippen LogP contribution in [0.3, 0.4) is 0 Å². The molecule has 0 bridgehead atoms. The molecule has 3 aliphatic rings. The number of rotatable bonds is 31. The number of likely N-dealkylation sites (tertiary alicyclic amines) is 1. The smallest absolute Gasteiger partial charge is 0.317 e. The highest BCUT2D eigenvalue weighted by molar-refractivity contribution is 6.07. The van der Waals surface area contributed by atoms with Crippen molar-refractivity contribution < 1.29 is 81.5 Å². The standard InChI is InChI=1S/C62H86F2N12O15/c1-4-45-36-62(63,64)42-76(45)54(79)37-67-59(87)47-17-19-65-49-16-15-46(34-48(47)49)91-33-7-20-70-29-31-75(32-30-70)61(89)51(35-58(86)90-3)69-60(88)50(9-6-18-66-52(77)10-5-8-44-13-11-43(2)12-14-44)68-53(78)38-71-21-23-72(39-55(80)81)25-27-74(41-57(84)85)28-26-73(24-22-71)40-56(82)83/h4,11-17,19,34,45,50-51H,1,5-10,18,20-33,35-42H2,2-3H3,(H,66,77)(H,67,87)(H,68,78)(H,69,88)(H,80,81)(H,82,83)(H,84,85)/t45-,50-,51-/m0/s1. The molecule has 498 valence electrons. The minimum absolute atomic E-state index is 0.0148. The molecule has 3 fully saturated rings. The van der Waals surface area contributed by atoms with Crippen LogP contribution in [-0.2, 0) is 54.3 Å². The number of hydrogen-bond donors (Lipinski definition) is 7. The summed E-state index contributed by atoms with van der Waals surface area (Å²) >= 11 is 0. The summed E-state index contributed by atoms with van der Waals surface area (Å²) in [6.45, 7) is 6.34. The Labute approximate surface area is 527 Å². The minimum atomic E-state index is -3.06. The number of nitrogens with one attached hydrogen (secondary N) is 4. The van der Waals surface area contributed by atoms with Gasteiger partial charge in [-0.2, -0.15) is 0 Å². The molecule has 29 heteroatoms. The van der Waals surface area contributed by atoms with E-state index in [0.717, 1.165) is 23.1 Å². The number of aliphatic carboxylic acids is 3. The molecule has 0 aliphatic carbocycles. The van der Waals surface area contributed by atoms with Crippen molar-refractivity contribution in [3.8, 4) is 5.75 Å². The van der Waals surface area contributed by atoms with Gasteiger partial charge in [-0.05, 0) is 68.9 Å². The first-order chi connectivity index (χ1) is 43.5. The third kappa shape index (κ3) is 24.5. The number of aromatic nitrogens is 1. The maximum absolute atomic E-state index is 14.4. The fourth-order valence-corrected chi connectivity index (χ4v) is 11.0. The molecular weight excluding hydrogens is 1190 g/mol. The highest BCUT2D eigenvalue weighted by atomic mass is 19.3. The van der Waals surface area contributed by atoms with Crippen LogP contribution in [0.25, 0.3) is 10.9 Å². The van der Waals surface area contributed by atoms with Crippen molar-refractivity contribution in [3.05, 3.63) is 84.1 Å². The Bertz CT molecular complexity index is 2980. The van der Waals surface area contributed by atoms with Gasteiger partial charge in [-0.15, -0.1) is 6.58 Å². The number of piperazine rings is 1. The summed E-state index contributed by atoms with van der Waals surface area (Å²) in [5, 5.41) is 40.3. The number of methoxy groups -OCH3 is 1. The molecule has 6 rings (SSSR count). The molecule has 27 nitrogen and oxygen atoms in total. The largest absolute Gasteiger partial charge is 0.494 e. The van der Waals surface area contributed by atoms with E-state index >= 15 is 0 Å². The SMILES string of the molecule is C=C[C@H]1CC(F)(F)CN1C(=O)CNC(=O)c1ccnc2ccc(OCCCN3CCN(C(=O)[C@H](CC(=O)OC)NC(=O)[C@H](CCCNC(=O)CCCc4ccc(C)cc4)NC(=O)CN4CCN(CC(=O)O)CCN(CC(=O)O)CCN(CC(=O)O)CC4)CC3)cc12. The topological polar surface area (TPSA) is 334 Å². The van der Waals surface area contributed by atoms with Crippen LogP contribution in [0.1, 0.15) is 66.4 Å². The zero-order valence-electron chi connectivity index (χ0n) is 51.8. The van der Waals surface area contributed by atoms with Crippen LogP contribution < -0.4 is 26.0 Å². The van der Waals surface area contributed by atoms with E-state index in [0.29, 0.717) is 55.5 Å². The molecule has 0 spiro atoms. The molecule has 3 aromatic rings. The summed E-state index contributed by atoms with van der Waals surface area (Å²) in [4.78, 5) is 146. The number of aryl methyl sites for hydroxylation is 2. The first-order valence-electron chi connectivity index (χ1n) is 30.6. The Kier molecular flexibility index (Phi) is 28.4. The summed E-state index contributed by atoms with van der Waals surface area (Å²) in [5.74, 6) is -10.2. The third-order valence-corrected chi connectivity index (χ3v) is 16.1. The van der Waals surface area contributed by atoms with Crippen LogP contribution in [0.4, 0.5) is 8.78 Å². The van der Waals surface area contributed by atoms with Crippen LogP contribution in [0.2, 0.25) is 0 Å². The average Bonchev–Trinajstić information content (AvgIpc) is 1.55. The maximum Gasteiger partial charge on any atom is 0.317 e. The van der Waals surface area contributed by atoms with Crippen molar-refractivity contribution in [2.75, 3.05) is 145 Å². The van der Waals surface area contributed by atoms with Gasteiger partial charge < -0.3 is 55.9 Å². The number of esters is 1. The Morgan fingerprint density at radius 2 is 1.31 bits per heavy atom. The number of carbonyl (C=O) groups excluding carboxylic acids is 7. The average molecular weight is 1280 g/mol. The van der Waals surface area contributed by atoms with Gasteiger partial charge in [-0.1, -0.05) is 35.9 Å². The summed E-state index contributed by atoms with van der Waals surface area (Å²) < 4.78 is 39.1. The molecule has 0 unspecified atom stereocenters. The molecular formula is C62H86F2N12O15. The lowest BCUT2D eigenvalue weighted by Crippen LogP contribution is -2.58. The van der Waals surface area contributed by atoms with E-state index in [1.165, 1.54) is 23.2 Å². The first kappa shape index (κ1) is 71.8. The number of carbonyl (C=O) groups is 10. The van der Waals surface area contributed by atoms with Gasteiger partial charge in [0.1, 0.15) is 17.8 Å². The zero-order chi connectivity index (χ0) is 66.0. The number of benzene rings is 2. The fourth-order valence-electron chi connectivity index (χ4n) is 11.0. The number of carboxylic acid groups (broad SMARTS) is 3. The van der Waals surface area contributed by atoms with Crippen LogP contribution in [-0.4, -0.2) is 283 Å². The van der Waals surface area contributed by atoms with Gasteiger partial charge in [-0.3, -0.25) is 77.4 Å². The lowest BCUT2D eigenvalue weighted by Gasteiger charge is -2.36. The molecule has 4 heterocycles. The van der Waals surface area contributed by atoms with Crippen molar-refractivity contribution in [2.45, 2.75) is 82.3 Å². The molecule has 7 N–H and O–H groups in total. The van der Waals surface area contributed by atoms with E-state index in [4.69, 9.17) is 9.47 Å². The van der Waals surface area contributed by atoms with Crippen LogP contribution in [0, 0.1) is 6.92 Å². The predicted octanol–water partition coefficient (Wildman–Crippen LogP) is 0.536. The van der Waals surface area contributed by atoms with Crippen molar-refractivity contribution in [1.29, 1.82) is 0 Å². The second-order valence-electron chi connectivity index (χ2n) is 23.1. The van der Waals surface area contributed by atoms with Gasteiger partial charge in [-0.25, -0.2) is 8.78 Å². The third-order valence-electron chi connectivity index (χ3n) is 16.1. The number of fused-ring (bicyclic) bond motifs is 1. The minimum Gasteiger partial charge on any atom is -0.494 e. The number of nitrogens with zero attached hydrogens (tertiary/aromatic N) is 8. The zero-order valence-corrected chi connectivity index (χ0v) is 51.8. The Hall–Kier alpha value is -8.25. The summed E-state index contributed by atoms with van der Waals surface area (Å²) in [7, 11) is 1.14. The number of pyridine rings is 1. The van der Waals surface area contributed by atoms with E-state index in [1.807, 2.05) is 31.2 Å². The molecule has 3 aliphatic heterocycles. The van der Waals surface area contributed by atoms with Crippen molar-refractivity contribution in [3.63, 3.8) is 0 Å². The molecule has 3 atom stereocenters. The van der Waals surface area contributed by atoms with Crippen LogP contribution in [0.5, 0.6) is 5.75 Å². The monoisotopic (exact) mass is 1280 g/mol. The normalized spacial score (nSPS) is 18.0. The van der Waals surface area contributed by atoms with E-state index in [1.54, 1.807) is 37.8 Å². The highest BCUT2D eigenvalue weighted by Crippen LogP contribution is 2.32. The fraction of sp³-hybridized carbons (Fsp3) is 0.565. The van der Waals surface area contributed by atoms with Gasteiger partial charge in [0, 0.05) is 116 Å². The lowest BCUT2D eigenvalue weighted by molar-refractivity contribution is -0.147. The molecule has 1 aromatic heterocycles. The molecule has 0 radical (unpaired) electrons. The molecule has 6 amide bonds. The van der Waals surface area contributed by atoms with E-state index in [2.05, 4.69) is 37.7 Å². The van der Waals surface area contributed by atoms with E-state index in [9.17, 15) is 72.0 Å². The molecule has 2 aromatic carbocycles. The summed E-state index contributed by atoms with van der Waals surface area (Å²) in [5.41, 5.74) is 2.90. The van der Waals surface area contributed by atoms with Crippen LogP contribution in [0.15, 0.2) is 67.4 Å². The first-order valence-corrected chi connectivity index (χ1v) is 30.6. The number of hydrogen-bond acceptors (Lipinski definition) is 18. The Balaban J connectivity index is 1.06. The maximum atomic E-state index is 14.4. The molecule has 91 heavy (non-hydrogen) atoms. The predicted molar refractivity (Wildman–Crippen MR) is 328 cm³/mol. The second kappa shape index (κ2) is 36.0. The highest BCUT2D eigenvalue weighted by Gasteiger charge is 2.45. The van der Waals surface area contributed by atoms with Gasteiger partial charge >= 0.3 is 23.9 Å². The Morgan fingerprint density at radius 1 is 0.714 bits per heavy atom. The van der Waals surface area contributed by atoms with Gasteiger partial charge in [0.15, 0.2) is 0 Å². The van der Waals surface area contributed by atoms with Crippen molar-refractivity contribution >= 4 is 70.2 Å². The summed E-state index contributed by atoms with van der Waals surface area (Å²) in [6, 6.07) is 11.0. The van der Waals surface area contributed by atoms with Gasteiger partial charge in [0.05, 0.1) is 76.5 Å². The second-order valence-corrected chi connectivity index (χ2v) is 23.1. The number of alkyl halides is 2. The van der Waals surface area contributed by atoms with Gasteiger partial charge in [0.2, 0.25) is 29.5 Å². The number of ether oxygens (including phenoxy) is 2. The summed E-state index contributed by atoms with van der Waals surface area (Å²) in [6.07, 6.45) is 3.95. The van der Waals surface area contributed by atoms with Crippen molar-refractivity contribution in [1.82, 2.24) is 60.6 Å². The number of halogens is 2. The quantitative estimate of drug-likeness (QED) is 0.0263. The van der Waals surface area contributed by atoms with Crippen LogP contribution >= 0.6 is 0 Å². The van der Waals surface area contributed by atoms with E-state index < -0.39 is 103 Å². The van der Waals surface area contributed by atoms with E-state index in [-0.39, 0.29) is 136 Å². The Morgan fingerprint density at radius 3 is 1.89 bits per heavy atom. The number of amides is 6. The van der Waals surface area contributed by atoms with Gasteiger partial charge in [0.25, 0.3) is 11.8 Å². The van der Waals surface area contributed by atoms with Crippen molar-refractivity contribution in [2.24, 2.45) is 0 Å².